The monoisotopic (exact) mass is 154 g/mol. The number of hydrogen-bond acceptors (Lipinski definition) is 3. The van der Waals surface area contributed by atoms with Crippen molar-refractivity contribution in [2.45, 2.75) is 25.7 Å². The van der Waals surface area contributed by atoms with E-state index >= 15 is 0 Å². The minimum absolute atomic E-state index is 0.176. The lowest BCUT2D eigenvalue weighted by Gasteiger charge is -2.16. The first-order valence-electron chi connectivity index (χ1n) is 3.74. The van der Waals surface area contributed by atoms with Gasteiger partial charge in [0.05, 0.1) is 0 Å². The Morgan fingerprint density at radius 2 is 1.91 bits per heavy atom. The molecule has 11 heavy (non-hydrogen) atoms. The number of rotatable bonds is 2. The predicted octanol–water partition coefficient (Wildman–Crippen LogP) is 0.514. The van der Waals surface area contributed by atoms with Crippen molar-refractivity contribution in [1.82, 2.24) is 0 Å². The summed E-state index contributed by atoms with van der Waals surface area (Å²) in [4.78, 5) is 31.6. The highest BCUT2D eigenvalue weighted by atomic mass is 16.2. The lowest BCUT2D eigenvalue weighted by Crippen LogP contribution is -2.22. The first-order valence-corrected chi connectivity index (χ1v) is 3.74. The summed E-state index contributed by atoms with van der Waals surface area (Å²) >= 11 is 0. The lowest BCUT2D eigenvalue weighted by molar-refractivity contribution is -0.134. The molecule has 1 aliphatic carbocycles. The molecule has 0 aromatic heterocycles. The number of carbonyl (C=O) groups excluding carboxylic acids is 3. The molecule has 1 fully saturated rings. The Hall–Kier alpha value is -0.990. The zero-order valence-electron chi connectivity index (χ0n) is 6.21. The molecule has 60 valence electrons. The topological polar surface area (TPSA) is 51.2 Å². The predicted molar refractivity (Wildman–Crippen MR) is 38.0 cm³/mol. The van der Waals surface area contributed by atoms with Crippen molar-refractivity contribution in [2.24, 2.45) is 5.92 Å². The molecule has 0 unspecified atom stereocenters. The molecule has 0 radical (unpaired) electrons. The van der Waals surface area contributed by atoms with E-state index in [0.717, 1.165) is 0 Å². The zero-order valence-corrected chi connectivity index (χ0v) is 6.21. The van der Waals surface area contributed by atoms with E-state index in [9.17, 15) is 14.4 Å². The van der Waals surface area contributed by atoms with Crippen molar-refractivity contribution >= 4 is 17.9 Å². The summed E-state index contributed by atoms with van der Waals surface area (Å²) in [5, 5.41) is 0. The molecule has 0 spiro atoms. The molecule has 0 aromatic carbocycles. The van der Waals surface area contributed by atoms with E-state index in [-0.39, 0.29) is 17.5 Å². The van der Waals surface area contributed by atoms with Crippen LogP contribution in [0, 0.1) is 5.92 Å². The zero-order chi connectivity index (χ0) is 8.27. The molecule has 0 heterocycles. The highest BCUT2D eigenvalue weighted by Crippen LogP contribution is 2.21. The Balaban J connectivity index is 2.44. The van der Waals surface area contributed by atoms with Gasteiger partial charge in [-0.3, -0.25) is 14.4 Å². The fourth-order valence-electron chi connectivity index (χ4n) is 1.32. The second-order valence-electron chi connectivity index (χ2n) is 2.83. The van der Waals surface area contributed by atoms with Crippen LogP contribution in [0.4, 0.5) is 0 Å². The standard InChI is InChI=1S/C8H10O3/c9-5-8(11)6-1-3-7(10)4-2-6/h5-6H,1-4H2. The Labute approximate surface area is 64.8 Å². The Kier molecular flexibility index (Phi) is 2.52. The van der Waals surface area contributed by atoms with Crippen molar-refractivity contribution in [3.05, 3.63) is 0 Å². The molecule has 0 saturated heterocycles. The number of ketones is 2. The Morgan fingerprint density at radius 1 is 1.36 bits per heavy atom. The van der Waals surface area contributed by atoms with Gasteiger partial charge in [-0.15, -0.1) is 0 Å². The molecule has 3 nitrogen and oxygen atoms in total. The molecule has 0 amide bonds. The Morgan fingerprint density at radius 3 is 2.36 bits per heavy atom. The molecular weight excluding hydrogens is 144 g/mol. The molecule has 0 aromatic rings. The molecule has 3 heteroatoms. The van der Waals surface area contributed by atoms with Crippen LogP contribution in [0.1, 0.15) is 25.7 Å². The second-order valence-corrected chi connectivity index (χ2v) is 2.83. The van der Waals surface area contributed by atoms with Crippen molar-refractivity contribution in [1.29, 1.82) is 0 Å². The third-order valence-corrected chi connectivity index (χ3v) is 2.06. The summed E-state index contributed by atoms with van der Waals surface area (Å²) in [6.45, 7) is 0. The van der Waals surface area contributed by atoms with Gasteiger partial charge in [0.15, 0.2) is 12.1 Å². The van der Waals surface area contributed by atoms with Crippen LogP contribution >= 0.6 is 0 Å². The van der Waals surface area contributed by atoms with E-state index < -0.39 is 0 Å². The van der Waals surface area contributed by atoms with Crippen LogP contribution in [0.15, 0.2) is 0 Å². The van der Waals surface area contributed by atoms with E-state index in [2.05, 4.69) is 0 Å². The van der Waals surface area contributed by atoms with E-state index in [4.69, 9.17) is 0 Å². The number of aldehydes is 1. The van der Waals surface area contributed by atoms with Crippen LogP contribution in [0.3, 0.4) is 0 Å². The number of hydrogen-bond donors (Lipinski definition) is 0. The third kappa shape index (κ3) is 1.97. The van der Waals surface area contributed by atoms with Gasteiger partial charge < -0.3 is 0 Å². The van der Waals surface area contributed by atoms with Crippen molar-refractivity contribution < 1.29 is 14.4 Å². The Bertz CT molecular complexity index is 186. The molecule has 1 aliphatic rings. The third-order valence-electron chi connectivity index (χ3n) is 2.06. The maximum Gasteiger partial charge on any atom is 0.198 e. The van der Waals surface area contributed by atoms with Gasteiger partial charge in [-0.2, -0.15) is 0 Å². The van der Waals surface area contributed by atoms with E-state index in [1.165, 1.54) is 0 Å². The maximum atomic E-state index is 10.8. The van der Waals surface area contributed by atoms with Crippen LogP contribution in [0.2, 0.25) is 0 Å². The summed E-state index contributed by atoms with van der Waals surface area (Å²) in [5.41, 5.74) is 0. The van der Waals surface area contributed by atoms with Crippen LogP contribution < -0.4 is 0 Å². The van der Waals surface area contributed by atoms with Gasteiger partial charge in [0.2, 0.25) is 0 Å². The van der Waals surface area contributed by atoms with E-state index in [1.54, 1.807) is 0 Å². The first-order chi connectivity index (χ1) is 5.24. The van der Waals surface area contributed by atoms with E-state index in [0.29, 0.717) is 32.0 Å². The average Bonchev–Trinajstić information content (AvgIpc) is 2.05. The molecular formula is C8H10O3. The van der Waals surface area contributed by atoms with Gasteiger partial charge in [0, 0.05) is 18.8 Å². The average molecular weight is 154 g/mol. The van der Waals surface area contributed by atoms with Crippen molar-refractivity contribution in [3.8, 4) is 0 Å². The van der Waals surface area contributed by atoms with Gasteiger partial charge in [0.25, 0.3) is 0 Å². The van der Waals surface area contributed by atoms with Gasteiger partial charge >= 0.3 is 0 Å². The summed E-state index contributed by atoms with van der Waals surface area (Å²) in [7, 11) is 0. The molecule has 1 rings (SSSR count). The summed E-state index contributed by atoms with van der Waals surface area (Å²) in [6.07, 6.45) is 2.42. The summed E-state index contributed by atoms with van der Waals surface area (Å²) < 4.78 is 0. The maximum absolute atomic E-state index is 10.8. The van der Waals surface area contributed by atoms with Crippen LogP contribution in [-0.2, 0) is 14.4 Å². The summed E-state index contributed by atoms with van der Waals surface area (Å²) in [6, 6.07) is 0. The quantitative estimate of drug-likeness (QED) is 0.430. The van der Waals surface area contributed by atoms with Gasteiger partial charge in [-0.05, 0) is 12.8 Å². The number of Topliss-reactive ketones (excluding diaryl/α,β-unsaturated/α-hetero) is 2. The van der Waals surface area contributed by atoms with Gasteiger partial charge in [-0.1, -0.05) is 0 Å². The normalized spacial score (nSPS) is 19.8. The van der Waals surface area contributed by atoms with Crippen molar-refractivity contribution in [3.63, 3.8) is 0 Å². The van der Waals surface area contributed by atoms with Crippen LogP contribution in [0.5, 0.6) is 0 Å². The SMILES string of the molecule is O=CC(=O)C1CCC(=O)CC1. The van der Waals surface area contributed by atoms with Crippen LogP contribution in [-0.4, -0.2) is 17.9 Å². The smallest absolute Gasteiger partial charge is 0.198 e. The fraction of sp³-hybridized carbons (Fsp3) is 0.625. The molecule has 0 bridgehead atoms. The molecule has 0 aliphatic heterocycles. The lowest BCUT2D eigenvalue weighted by atomic mass is 9.86. The van der Waals surface area contributed by atoms with Gasteiger partial charge in [-0.25, -0.2) is 0 Å². The van der Waals surface area contributed by atoms with Crippen molar-refractivity contribution in [2.75, 3.05) is 0 Å². The minimum Gasteiger partial charge on any atom is -0.300 e. The fourth-order valence-corrected chi connectivity index (χ4v) is 1.32. The molecule has 0 atom stereocenters. The number of carbonyl (C=O) groups is 3. The van der Waals surface area contributed by atoms with E-state index in [1.807, 2.05) is 0 Å². The molecule has 1 saturated carbocycles. The van der Waals surface area contributed by atoms with Gasteiger partial charge in [0.1, 0.15) is 5.78 Å². The highest BCUT2D eigenvalue weighted by Gasteiger charge is 2.23. The minimum atomic E-state index is -0.350. The molecule has 0 N–H and O–H groups in total. The second kappa shape index (κ2) is 3.42. The largest absolute Gasteiger partial charge is 0.300 e. The first kappa shape index (κ1) is 8.11. The summed E-state index contributed by atoms with van der Waals surface area (Å²) in [5.74, 6) is -0.317. The highest BCUT2D eigenvalue weighted by molar-refractivity contribution is 6.26. The van der Waals surface area contributed by atoms with Crippen LogP contribution in [0.25, 0.3) is 0 Å².